The molecule has 1 amide bonds. The summed E-state index contributed by atoms with van der Waals surface area (Å²) in [5.41, 5.74) is 11.9. The fourth-order valence-corrected chi connectivity index (χ4v) is 4.08. The molecule has 1 aliphatic heterocycles. The van der Waals surface area contributed by atoms with Crippen molar-refractivity contribution in [2.24, 2.45) is 17.4 Å². The van der Waals surface area contributed by atoms with Crippen LogP contribution in [0.25, 0.3) is 0 Å². The van der Waals surface area contributed by atoms with E-state index in [1.165, 1.54) is 4.31 Å². The Hall–Kier alpha value is -1.44. The SMILES string of the molecule is CC(N)c1cccc(S(=O)(=O)N2CCCC(C(N)=O)C2)c1. The zero-order valence-corrected chi connectivity index (χ0v) is 12.8. The molecule has 1 heterocycles. The Balaban J connectivity index is 2.29. The monoisotopic (exact) mass is 311 g/mol. The molecule has 1 aromatic rings. The van der Waals surface area contributed by atoms with E-state index in [0.717, 1.165) is 5.56 Å². The van der Waals surface area contributed by atoms with Crippen molar-refractivity contribution in [3.8, 4) is 0 Å². The minimum absolute atomic E-state index is 0.153. The van der Waals surface area contributed by atoms with Crippen LogP contribution < -0.4 is 11.5 Å². The highest BCUT2D eigenvalue weighted by molar-refractivity contribution is 7.89. The summed E-state index contributed by atoms with van der Waals surface area (Å²) in [6.07, 6.45) is 1.28. The molecule has 4 N–H and O–H groups in total. The summed E-state index contributed by atoms with van der Waals surface area (Å²) in [4.78, 5) is 11.5. The maximum Gasteiger partial charge on any atom is 0.243 e. The van der Waals surface area contributed by atoms with E-state index in [0.29, 0.717) is 19.4 Å². The van der Waals surface area contributed by atoms with Crippen LogP contribution >= 0.6 is 0 Å². The Labute approximate surface area is 125 Å². The van der Waals surface area contributed by atoms with Crippen molar-refractivity contribution in [2.75, 3.05) is 13.1 Å². The average molecular weight is 311 g/mol. The zero-order valence-electron chi connectivity index (χ0n) is 12.0. The summed E-state index contributed by atoms with van der Waals surface area (Å²) >= 11 is 0. The molecule has 1 aromatic carbocycles. The number of hydrogen-bond donors (Lipinski definition) is 2. The van der Waals surface area contributed by atoms with Gasteiger partial charge in [0.2, 0.25) is 15.9 Å². The highest BCUT2D eigenvalue weighted by atomic mass is 32.2. The lowest BCUT2D eigenvalue weighted by atomic mass is 9.99. The van der Waals surface area contributed by atoms with Crippen LogP contribution in [0.2, 0.25) is 0 Å². The molecule has 116 valence electrons. The first-order valence-corrected chi connectivity index (χ1v) is 8.41. The lowest BCUT2D eigenvalue weighted by molar-refractivity contribution is -0.122. The number of rotatable bonds is 4. The van der Waals surface area contributed by atoms with Gasteiger partial charge in [-0.15, -0.1) is 0 Å². The highest BCUT2D eigenvalue weighted by Crippen LogP contribution is 2.25. The molecule has 0 aromatic heterocycles. The number of primary amides is 1. The van der Waals surface area contributed by atoms with Crippen LogP contribution in [-0.2, 0) is 14.8 Å². The normalized spacial score (nSPS) is 21.9. The summed E-state index contributed by atoms with van der Waals surface area (Å²) < 4.78 is 26.7. The minimum Gasteiger partial charge on any atom is -0.369 e. The lowest BCUT2D eigenvalue weighted by Crippen LogP contribution is -2.44. The lowest BCUT2D eigenvalue weighted by Gasteiger charge is -2.30. The molecule has 0 bridgehead atoms. The van der Waals surface area contributed by atoms with Crippen molar-refractivity contribution in [1.29, 1.82) is 0 Å². The second kappa shape index (κ2) is 6.13. The van der Waals surface area contributed by atoms with Gasteiger partial charge in [-0.2, -0.15) is 4.31 Å². The van der Waals surface area contributed by atoms with Crippen LogP contribution in [0.5, 0.6) is 0 Å². The van der Waals surface area contributed by atoms with Crippen molar-refractivity contribution < 1.29 is 13.2 Å². The molecule has 0 spiro atoms. The fourth-order valence-electron chi connectivity index (χ4n) is 2.50. The van der Waals surface area contributed by atoms with Crippen molar-refractivity contribution >= 4 is 15.9 Å². The first-order valence-electron chi connectivity index (χ1n) is 6.97. The van der Waals surface area contributed by atoms with Crippen LogP contribution in [0.15, 0.2) is 29.2 Å². The van der Waals surface area contributed by atoms with Gasteiger partial charge in [0.1, 0.15) is 0 Å². The molecule has 2 unspecified atom stereocenters. The molecule has 2 atom stereocenters. The smallest absolute Gasteiger partial charge is 0.243 e. The Kier molecular flexibility index (Phi) is 4.65. The number of nitrogens with zero attached hydrogens (tertiary/aromatic N) is 1. The Morgan fingerprint density at radius 1 is 1.43 bits per heavy atom. The molecule has 0 radical (unpaired) electrons. The largest absolute Gasteiger partial charge is 0.369 e. The third-order valence-corrected chi connectivity index (χ3v) is 5.67. The number of benzene rings is 1. The minimum atomic E-state index is -3.61. The first-order chi connectivity index (χ1) is 9.82. The van der Waals surface area contributed by atoms with E-state index in [1.54, 1.807) is 31.2 Å². The summed E-state index contributed by atoms with van der Waals surface area (Å²) in [7, 11) is -3.61. The summed E-state index contributed by atoms with van der Waals surface area (Å²) in [5, 5.41) is 0. The van der Waals surface area contributed by atoms with Crippen LogP contribution in [0.4, 0.5) is 0 Å². The van der Waals surface area contributed by atoms with Crippen LogP contribution in [0, 0.1) is 5.92 Å². The number of carbonyl (C=O) groups is 1. The van der Waals surface area contributed by atoms with E-state index < -0.39 is 21.8 Å². The van der Waals surface area contributed by atoms with Gasteiger partial charge in [-0.25, -0.2) is 8.42 Å². The van der Waals surface area contributed by atoms with Gasteiger partial charge in [-0.3, -0.25) is 4.79 Å². The molecule has 2 rings (SSSR count). The number of nitrogens with two attached hydrogens (primary N) is 2. The van der Waals surface area contributed by atoms with E-state index in [1.807, 2.05) is 0 Å². The van der Waals surface area contributed by atoms with Gasteiger partial charge in [0, 0.05) is 19.1 Å². The van der Waals surface area contributed by atoms with Crippen LogP contribution in [0.3, 0.4) is 0 Å². The molecular formula is C14H21N3O3S. The van der Waals surface area contributed by atoms with E-state index in [2.05, 4.69) is 0 Å². The maximum atomic E-state index is 12.7. The van der Waals surface area contributed by atoms with Gasteiger partial charge in [0.05, 0.1) is 10.8 Å². The zero-order chi connectivity index (χ0) is 15.6. The predicted molar refractivity (Wildman–Crippen MR) is 79.7 cm³/mol. The van der Waals surface area contributed by atoms with Crippen LogP contribution in [0.1, 0.15) is 31.4 Å². The van der Waals surface area contributed by atoms with Crippen molar-refractivity contribution in [2.45, 2.75) is 30.7 Å². The van der Waals surface area contributed by atoms with Gasteiger partial charge in [0.25, 0.3) is 0 Å². The summed E-state index contributed by atoms with van der Waals surface area (Å²) in [5.74, 6) is -0.857. The first kappa shape index (κ1) is 15.9. The van der Waals surface area contributed by atoms with Crippen molar-refractivity contribution in [3.63, 3.8) is 0 Å². The maximum absolute atomic E-state index is 12.7. The Morgan fingerprint density at radius 2 is 2.14 bits per heavy atom. The van der Waals surface area contributed by atoms with E-state index in [-0.39, 0.29) is 17.5 Å². The standard InChI is InChI=1S/C14H21N3O3S/c1-10(15)11-4-2-6-13(8-11)21(19,20)17-7-3-5-12(9-17)14(16)18/h2,4,6,8,10,12H,3,5,7,9,15H2,1H3,(H2,16,18). The Bertz CT molecular complexity index is 628. The quantitative estimate of drug-likeness (QED) is 0.848. The second-order valence-corrected chi connectivity index (χ2v) is 7.40. The Morgan fingerprint density at radius 3 is 2.76 bits per heavy atom. The summed E-state index contributed by atoms with van der Waals surface area (Å²) in [6, 6.07) is 6.38. The molecule has 1 fully saturated rings. The average Bonchev–Trinajstić information content (AvgIpc) is 2.47. The molecule has 0 saturated carbocycles. The number of carbonyl (C=O) groups excluding carboxylic acids is 1. The molecule has 1 aliphatic rings. The van der Waals surface area contributed by atoms with Gasteiger partial charge >= 0.3 is 0 Å². The van der Waals surface area contributed by atoms with Crippen molar-refractivity contribution in [1.82, 2.24) is 4.31 Å². The molecule has 21 heavy (non-hydrogen) atoms. The number of hydrogen-bond acceptors (Lipinski definition) is 4. The third kappa shape index (κ3) is 3.42. The molecule has 0 aliphatic carbocycles. The molecular weight excluding hydrogens is 290 g/mol. The van der Waals surface area contributed by atoms with Gasteiger partial charge in [-0.1, -0.05) is 12.1 Å². The van der Waals surface area contributed by atoms with Crippen LogP contribution in [-0.4, -0.2) is 31.7 Å². The molecule has 7 heteroatoms. The van der Waals surface area contributed by atoms with Gasteiger partial charge in [0.15, 0.2) is 0 Å². The predicted octanol–water partition coefficient (Wildman–Crippen LogP) is 0.592. The van der Waals surface area contributed by atoms with Gasteiger partial charge < -0.3 is 11.5 Å². The molecule has 1 saturated heterocycles. The molecule has 6 nitrogen and oxygen atoms in total. The van der Waals surface area contributed by atoms with Gasteiger partial charge in [-0.05, 0) is 37.5 Å². The number of piperidine rings is 1. The number of amides is 1. The van der Waals surface area contributed by atoms with E-state index in [4.69, 9.17) is 11.5 Å². The van der Waals surface area contributed by atoms with E-state index in [9.17, 15) is 13.2 Å². The highest BCUT2D eigenvalue weighted by Gasteiger charge is 2.32. The second-order valence-electron chi connectivity index (χ2n) is 5.47. The fraction of sp³-hybridized carbons (Fsp3) is 0.500. The third-order valence-electron chi connectivity index (χ3n) is 3.81. The topological polar surface area (TPSA) is 106 Å². The number of sulfonamides is 1. The van der Waals surface area contributed by atoms with Crippen molar-refractivity contribution in [3.05, 3.63) is 29.8 Å². The van der Waals surface area contributed by atoms with E-state index >= 15 is 0 Å². The summed E-state index contributed by atoms with van der Waals surface area (Å²) in [6.45, 7) is 2.37.